The van der Waals surface area contributed by atoms with E-state index in [9.17, 15) is 4.79 Å². The molecule has 1 saturated heterocycles. The Morgan fingerprint density at radius 3 is 2.58 bits per heavy atom. The van der Waals surface area contributed by atoms with Gasteiger partial charge >= 0.3 is 0 Å². The number of hydrogen-bond acceptors (Lipinski definition) is 5. The van der Waals surface area contributed by atoms with Crippen molar-refractivity contribution in [1.82, 2.24) is 14.9 Å². The van der Waals surface area contributed by atoms with E-state index in [1.165, 1.54) is 7.11 Å². The maximum Gasteiger partial charge on any atom is 0.278 e. The molecule has 1 fully saturated rings. The van der Waals surface area contributed by atoms with Gasteiger partial charge in [-0.3, -0.25) is 4.79 Å². The smallest absolute Gasteiger partial charge is 0.278 e. The summed E-state index contributed by atoms with van der Waals surface area (Å²) in [6, 6.07) is 7.65. The van der Waals surface area contributed by atoms with Gasteiger partial charge in [-0.05, 0) is 31.9 Å². The molecule has 1 aromatic carbocycles. The Labute approximate surface area is 141 Å². The molecular weight excluding hydrogens is 306 g/mol. The summed E-state index contributed by atoms with van der Waals surface area (Å²) in [7, 11) is 1.53. The topological polar surface area (TPSA) is 64.6 Å². The van der Waals surface area contributed by atoms with E-state index < -0.39 is 0 Å². The van der Waals surface area contributed by atoms with Crippen molar-refractivity contribution in [1.29, 1.82) is 0 Å². The van der Waals surface area contributed by atoms with Crippen molar-refractivity contribution in [2.45, 2.75) is 25.9 Å². The number of carbonyl (C=O) groups excluding carboxylic acids is 1. The van der Waals surface area contributed by atoms with Crippen molar-refractivity contribution >= 4 is 5.91 Å². The van der Waals surface area contributed by atoms with Crippen LogP contribution in [0.15, 0.2) is 36.7 Å². The molecule has 1 amide bonds. The number of piperidine rings is 1. The number of methoxy groups -OCH3 is 1. The highest BCUT2D eigenvalue weighted by atomic mass is 16.5. The highest BCUT2D eigenvalue weighted by Gasteiger charge is 2.26. The van der Waals surface area contributed by atoms with Gasteiger partial charge in [-0.2, -0.15) is 0 Å². The van der Waals surface area contributed by atoms with Gasteiger partial charge in [0, 0.05) is 24.5 Å². The first-order valence-electron chi connectivity index (χ1n) is 8.05. The highest BCUT2D eigenvalue weighted by Crippen LogP contribution is 2.24. The Morgan fingerprint density at radius 1 is 1.17 bits per heavy atom. The monoisotopic (exact) mass is 327 g/mol. The third-order valence-electron chi connectivity index (χ3n) is 4.07. The second-order valence-corrected chi connectivity index (χ2v) is 5.87. The van der Waals surface area contributed by atoms with Crippen LogP contribution in [0.4, 0.5) is 0 Å². The molecule has 2 aromatic rings. The fourth-order valence-corrected chi connectivity index (χ4v) is 2.79. The molecule has 2 heterocycles. The number of aryl methyl sites for hydroxylation is 1. The van der Waals surface area contributed by atoms with Crippen LogP contribution in [-0.2, 0) is 0 Å². The van der Waals surface area contributed by atoms with Crippen LogP contribution in [0.5, 0.6) is 11.8 Å². The minimum absolute atomic E-state index is 0.0365. The summed E-state index contributed by atoms with van der Waals surface area (Å²) in [5, 5.41) is 0. The maximum absolute atomic E-state index is 12.6. The highest BCUT2D eigenvalue weighted by molar-refractivity contribution is 5.94. The Balaban J connectivity index is 1.68. The number of benzene rings is 1. The third-order valence-corrected chi connectivity index (χ3v) is 4.07. The lowest BCUT2D eigenvalue weighted by molar-refractivity contribution is 0.0519. The van der Waals surface area contributed by atoms with Crippen LogP contribution in [0.2, 0.25) is 0 Å². The van der Waals surface area contributed by atoms with Crippen molar-refractivity contribution in [3.63, 3.8) is 0 Å². The van der Waals surface area contributed by atoms with E-state index >= 15 is 0 Å². The number of ether oxygens (including phenoxy) is 2. The number of rotatable bonds is 4. The average molecular weight is 327 g/mol. The predicted molar refractivity (Wildman–Crippen MR) is 89.3 cm³/mol. The maximum atomic E-state index is 12.6. The van der Waals surface area contributed by atoms with Crippen LogP contribution in [0, 0.1) is 6.92 Å². The zero-order valence-electron chi connectivity index (χ0n) is 13.9. The summed E-state index contributed by atoms with van der Waals surface area (Å²) in [6.07, 6.45) is 4.77. The summed E-state index contributed by atoms with van der Waals surface area (Å²) < 4.78 is 11.1. The summed E-state index contributed by atoms with van der Waals surface area (Å²) in [5.41, 5.74) is 1.85. The molecule has 24 heavy (non-hydrogen) atoms. The van der Waals surface area contributed by atoms with Crippen molar-refractivity contribution in [2.75, 3.05) is 20.2 Å². The van der Waals surface area contributed by atoms with Crippen LogP contribution in [-0.4, -0.2) is 47.1 Å². The molecule has 6 nitrogen and oxygen atoms in total. The standard InChI is InChI=1S/C18H21N3O3/c1-13-5-7-14(8-6-13)18(22)21-11-3-4-15(12-21)24-17-16(23-2)19-9-10-20-17/h5-10,15H,3-4,11-12H2,1-2H3. The molecule has 0 radical (unpaired) electrons. The van der Waals surface area contributed by atoms with E-state index in [-0.39, 0.29) is 12.0 Å². The van der Waals surface area contributed by atoms with Gasteiger partial charge in [0.15, 0.2) is 0 Å². The van der Waals surface area contributed by atoms with Gasteiger partial charge in [-0.15, -0.1) is 0 Å². The number of amides is 1. The minimum Gasteiger partial charge on any atom is -0.477 e. The minimum atomic E-state index is -0.112. The van der Waals surface area contributed by atoms with Gasteiger partial charge in [0.25, 0.3) is 17.7 Å². The lowest BCUT2D eigenvalue weighted by atomic mass is 10.1. The van der Waals surface area contributed by atoms with E-state index in [0.29, 0.717) is 23.9 Å². The number of hydrogen-bond donors (Lipinski definition) is 0. The van der Waals surface area contributed by atoms with Gasteiger partial charge in [0.2, 0.25) is 0 Å². The van der Waals surface area contributed by atoms with Crippen LogP contribution >= 0.6 is 0 Å². The zero-order chi connectivity index (χ0) is 16.9. The average Bonchev–Trinajstić information content (AvgIpc) is 2.62. The fraction of sp³-hybridized carbons (Fsp3) is 0.389. The van der Waals surface area contributed by atoms with Crippen molar-refractivity contribution in [3.8, 4) is 11.8 Å². The van der Waals surface area contributed by atoms with Gasteiger partial charge in [-0.25, -0.2) is 9.97 Å². The number of likely N-dealkylation sites (tertiary alicyclic amines) is 1. The van der Waals surface area contributed by atoms with Crippen molar-refractivity contribution in [2.24, 2.45) is 0 Å². The van der Waals surface area contributed by atoms with E-state index in [1.807, 2.05) is 36.1 Å². The van der Waals surface area contributed by atoms with Crippen LogP contribution in [0.25, 0.3) is 0 Å². The first-order chi connectivity index (χ1) is 11.7. The summed E-state index contributed by atoms with van der Waals surface area (Å²) in [6.45, 7) is 3.28. The molecule has 0 bridgehead atoms. The van der Waals surface area contributed by atoms with Gasteiger partial charge in [0.1, 0.15) is 6.10 Å². The van der Waals surface area contributed by atoms with Gasteiger partial charge in [0.05, 0.1) is 13.7 Å². The second-order valence-electron chi connectivity index (χ2n) is 5.87. The number of nitrogens with zero attached hydrogens (tertiary/aromatic N) is 3. The Hall–Kier alpha value is -2.63. The normalized spacial score (nSPS) is 17.4. The molecule has 3 rings (SSSR count). The lowest BCUT2D eigenvalue weighted by Crippen LogP contribution is -2.44. The number of aromatic nitrogens is 2. The first-order valence-corrected chi connectivity index (χ1v) is 8.05. The molecule has 0 spiro atoms. The molecule has 1 unspecified atom stereocenters. The molecule has 1 aliphatic rings. The molecule has 126 valence electrons. The largest absolute Gasteiger partial charge is 0.477 e. The summed E-state index contributed by atoms with van der Waals surface area (Å²) in [4.78, 5) is 22.7. The van der Waals surface area contributed by atoms with Crippen molar-refractivity contribution < 1.29 is 14.3 Å². The van der Waals surface area contributed by atoms with Crippen LogP contribution in [0.1, 0.15) is 28.8 Å². The summed E-state index contributed by atoms with van der Waals surface area (Å²) in [5.74, 6) is 0.767. The molecule has 0 saturated carbocycles. The molecule has 0 aliphatic carbocycles. The fourth-order valence-electron chi connectivity index (χ4n) is 2.79. The molecule has 1 aliphatic heterocycles. The predicted octanol–water partition coefficient (Wildman–Crippen LogP) is 2.48. The van der Waals surface area contributed by atoms with Gasteiger partial charge in [-0.1, -0.05) is 17.7 Å². The van der Waals surface area contributed by atoms with Gasteiger partial charge < -0.3 is 14.4 Å². The molecule has 6 heteroatoms. The SMILES string of the molecule is COc1nccnc1OC1CCCN(C(=O)c2ccc(C)cc2)C1. The van der Waals surface area contributed by atoms with E-state index in [4.69, 9.17) is 9.47 Å². The molecule has 1 atom stereocenters. The third kappa shape index (κ3) is 3.64. The Bertz CT molecular complexity index is 703. The zero-order valence-corrected chi connectivity index (χ0v) is 13.9. The first kappa shape index (κ1) is 16.2. The van der Waals surface area contributed by atoms with E-state index in [2.05, 4.69) is 9.97 Å². The molecule has 1 aromatic heterocycles. The summed E-state index contributed by atoms with van der Waals surface area (Å²) >= 11 is 0. The van der Waals surface area contributed by atoms with E-state index in [0.717, 1.165) is 24.9 Å². The van der Waals surface area contributed by atoms with Crippen LogP contribution < -0.4 is 9.47 Å². The Morgan fingerprint density at radius 2 is 1.88 bits per heavy atom. The molecule has 0 N–H and O–H groups in total. The quantitative estimate of drug-likeness (QED) is 0.863. The van der Waals surface area contributed by atoms with Crippen molar-refractivity contribution in [3.05, 3.63) is 47.8 Å². The molecular formula is C18H21N3O3. The Kier molecular flexibility index (Phi) is 4.93. The van der Waals surface area contributed by atoms with E-state index in [1.54, 1.807) is 12.4 Å². The number of carbonyl (C=O) groups is 1. The van der Waals surface area contributed by atoms with Crippen LogP contribution in [0.3, 0.4) is 0 Å². The second kappa shape index (κ2) is 7.29. The lowest BCUT2D eigenvalue weighted by Gasteiger charge is -2.32.